The first-order valence-corrected chi connectivity index (χ1v) is 7.44. The van der Waals surface area contributed by atoms with Crippen LogP contribution in [0.3, 0.4) is 0 Å². The average Bonchev–Trinajstić information content (AvgIpc) is 2.70. The normalized spacial score (nSPS) is 17.7. The lowest BCUT2D eigenvalue weighted by atomic mass is 10.1. The molecule has 0 aliphatic carbocycles. The van der Waals surface area contributed by atoms with Gasteiger partial charge in [-0.3, -0.25) is 0 Å². The molecule has 3 nitrogen and oxygen atoms in total. The Morgan fingerprint density at radius 1 is 1.42 bits per heavy atom. The summed E-state index contributed by atoms with van der Waals surface area (Å²) in [7, 11) is 4.36. The van der Waals surface area contributed by atoms with Crippen LogP contribution in [0.15, 0.2) is 24.3 Å². The zero-order valence-electron chi connectivity index (χ0n) is 12.1. The third kappa shape index (κ3) is 3.45. The van der Waals surface area contributed by atoms with Gasteiger partial charge in [-0.1, -0.05) is 18.2 Å². The Kier molecular flexibility index (Phi) is 4.77. The van der Waals surface area contributed by atoms with Crippen molar-refractivity contribution in [3.63, 3.8) is 0 Å². The number of hydrogen-bond donors (Lipinski definition) is 2. The van der Waals surface area contributed by atoms with Gasteiger partial charge < -0.3 is 15.1 Å². The molecule has 2 rings (SSSR count). The lowest BCUT2D eigenvalue weighted by Crippen LogP contribution is -3.05. The molecule has 1 aromatic rings. The van der Waals surface area contributed by atoms with Gasteiger partial charge in [0.1, 0.15) is 0 Å². The summed E-state index contributed by atoms with van der Waals surface area (Å²) in [5, 5.41) is 4.26. The van der Waals surface area contributed by atoms with E-state index in [4.69, 9.17) is 12.2 Å². The number of thiocarbonyl (C=S) groups is 1. The first-order valence-electron chi connectivity index (χ1n) is 7.03. The third-order valence-electron chi connectivity index (χ3n) is 3.56. The number of quaternary nitrogens is 1. The molecular weight excluding hydrogens is 254 g/mol. The topological polar surface area (TPSA) is 19.7 Å². The minimum Gasteiger partial charge on any atom is -0.362 e. The molecule has 4 heteroatoms. The molecule has 0 saturated carbocycles. The SMILES string of the molecule is C[C@@H]1Cc2ccccc2N1C(=S)NCCC[NH+](C)C. The van der Waals surface area contributed by atoms with Crippen molar-refractivity contribution in [2.24, 2.45) is 0 Å². The summed E-state index contributed by atoms with van der Waals surface area (Å²) in [6.45, 7) is 4.36. The van der Waals surface area contributed by atoms with Crippen molar-refractivity contribution in [2.75, 3.05) is 32.1 Å². The number of nitrogens with zero attached hydrogens (tertiary/aromatic N) is 1. The predicted molar refractivity (Wildman–Crippen MR) is 85.0 cm³/mol. The van der Waals surface area contributed by atoms with Crippen molar-refractivity contribution >= 4 is 23.0 Å². The molecule has 0 unspecified atom stereocenters. The number of fused-ring (bicyclic) bond motifs is 1. The molecule has 1 aliphatic rings. The minimum atomic E-state index is 0.455. The smallest absolute Gasteiger partial charge is 0.173 e. The molecule has 0 aromatic heterocycles. The van der Waals surface area contributed by atoms with Crippen LogP contribution >= 0.6 is 12.2 Å². The second-order valence-corrected chi connectivity index (χ2v) is 5.98. The zero-order valence-corrected chi connectivity index (χ0v) is 12.9. The molecule has 0 amide bonds. The van der Waals surface area contributed by atoms with Crippen LogP contribution in [0.5, 0.6) is 0 Å². The highest BCUT2D eigenvalue weighted by atomic mass is 32.1. The molecule has 19 heavy (non-hydrogen) atoms. The second kappa shape index (κ2) is 6.35. The second-order valence-electron chi connectivity index (χ2n) is 5.59. The van der Waals surface area contributed by atoms with Crippen LogP contribution in [-0.4, -0.2) is 38.3 Å². The highest BCUT2D eigenvalue weighted by Crippen LogP contribution is 2.31. The summed E-state index contributed by atoms with van der Waals surface area (Å²) >= 11 is 5.55. The summed E-state index contributed by atoms with van der Waals surface area (Å²) in [5.74, 6) is 0. The van der Waals surface area contributed by atoms with E-state index in [1.54, 1.807) is 0 Å². The highest BCUT2D eigenvalue weighted by molar-refractivity contribution is 7.80. The molecule has 1 aliphatic heterocycles. The number of nitrogens with one attached hydrogen (secondary N) is 2. The molecular formula is C15H24N3S+. The van der Waals surface area contributed by atoms with Gasteiger partial charge in [0.15, 0.2) is 5.11 Å². The summed E-state index contributed by atoms with van der Waals surface area (Å²) < 4.78 is 0. The van der Waals surface area contributed by atoms with Gasteiger partial charge >= 0.3 is 0 Å². The van der Waals surface area contributed by atoms with E-state index in [9.17, 15) is 0 Å². The minimum absolute atomic E-state index is 0.455. The van der Waals surface area contributed by atoms with E-state index in [-0.39, 0.29) is 0 Å². The van der Waals surface area contributed by atoms with Gasteiger partial charge in [0.2, 0.25) is 0 Å². The molecule has 0 saturated heterocycles. The Morgan fingerprint density at radius 3 is 2.89 bits per heavy atom. The fourth-order valence-electron chi connectivity index (χ4n) is 2.60. The Balaban J connectivity index is 1.92. The molecule has 2 N–H and O–H groups in total. The Labute approximate surface area is 121 Å². The first-order chi connectivity index (χ1) is 9.09. The van der Waals surface area contributed by atoms with E-state index in [1.807, 2.05) is 0 Å². The number of anilines is 1. The molecule has 1 atom stereocenters. The van der Waals surface area contributed by atoms with E-state index < -0.39 is 0 Å². The maximum Gasteiger partial charge on any atom is 0.173 e. The Hall–Kier alpha value is -1.13. The Bertz CT molecular complexity index is 445. The molecule has 0 bridgehead atoms. The van der Waals surface area contributed by atoms with Gasteiger partial charge in [0.25, 0.3) is 0 Å². The Morgan fingerprint density at radius 2 is 2.16 bits per heavy atom. The number of rotatable bonds is 4. The number of benzene rings is 1. The molecule has 1 aromatic carbocycles. The van der Waals surface area contributed by atoms with E-state index in [2.05, 4.69) is 55.5 Å². The van der Waals surface area contributed by atoms with Crippen LogP contribution in [0.25, 0.3) is 0 Å². The summed E-state index contributed by atoms with van der Waals surface area (Å²) in [4.78, 5) is 3.74. The molecule has 0 spiro atoms. The van der Waals surface area contributed by atoms with Gasteiger partial charge in [-0.05, 0) is 37.2 Å². The maximum atomic E-state index is 5.55. The summed E-state index contributed by atoms with van der Waals surface area (Å²) in [5.41, 5.74) is 2.67. The third-order valence-corrected chi connectivity index (χ3v) is 3.90. The van der Waals surface area contributed by atoms with Crippen LogP contribution in [0, 0.1) is 0 Å². The van der Waals surface area contributed by atoms with Crippen LogP contribution in [0.4, 0.5) is 5.69 Å². The van der Waals surface area contributed by atoms with Crippen molar-refractivity contribution in [2.45, 2.75) is 25.8 Å². The van der Waals surface area contributed by atoms with Crippen molar-refractivity contribution in [1.82, 2.24) is 5.32 Å². The fraction of sp³-hybridized carbons (Fsp3) is 0.533. The van der Waals surface area contributed by atoms with Gasteiger partial charge in [-0.2, -0.15) is 0 Å². The molecule has 104 valence electrons. The standard InChI is InChI=1S/C15H23N3S/c1-12-11-13-7-4-5-8-14(13)18(12)15(19)16-9-6-10-17(2)3/h4-5,7-8,12H,6,9-11H2,1-3H3,(H,16,19)/p+1/t12-/m1/s1. The fourth-order valence-corrected chi connectivity index (χ4v) is 2.98. The van der Waals surface area contributed by atoms with Crippen molar-refractivity contribution < 1.29 is 4.90 Å². The van der Waals surface area contributed by atoms with Gasteiger partial charge in [-0.15, -0.1) is 0 Å². The van der Waals surface area contributed by atoms with Gasteiger partial charge in [-0.25, -0.2) is 0 Å². The monoisotopic (exact) mass is 278 g/mol. The van der Waals surface area contributed by atoms with Crippen molar-refractivity contribution in [3.05, 3.63) is 29.8 Å². The van der Waals surface area contributed by atoms with E-state index in [1.165, 1.54) is 22.7 Å². The van der Waals surface area contributed by atoms with Crippen LogP contribution in [0.1, 0.15) is 18.9 Å². The van der Waals surface area contributed by atoms with Crippen LogP contribution in [0.2, 0.25) is 0 Å². The molecule has 0 fully saturated rings. The molecule has 0 radical (unpaired) electrons. The number of hydrogen-bond acceptors (Lipinski definition) is 1. The van der Waals surface area contributed by atoms with Gasteiger partial charge in [0.05, 0.1) is 20.6 Å². The zero-order chi connectivity index (χ0) is 13.8. The largest absolute Gasteiger partial charge is 0.362 e. The van der Waals surface area contributed by atoms with E-state index in [0.29, 0.717) is 6.04 Å². The van der Waals surface area contributed by atoms with Crippen molar-refractivity contribution in [3.8, 4) is 0 Å². The van der Waals surface area contributed by atoms with Gasteiger partial charge in [0, 0.05) is 24.7 Å². The highest BCUT2D eigenvalue weighted by Gasteiger charge is 2.28. The lowest BCUT2D eigenvalue weighted by molar-refractivity contribution is -0.858. The van der Waals surface area contributed by atoms with E-state index >= 15 is 0 Å². The average molecular weight is 278 g/mol. The predicted octanol–water partition coefficient (Wildman–Crippen LogP) is 0.847. The van der Waals surface area contributed by atoms with Crippen LogP contribution in [-0.2, 0) is 6.42 Å². The first kappa shape index (κ1) is 14.3. The van der Waals surface area contributed by atoms with Crippen LogP contribution < -0.4 is 15.1 Å². The maximum absolute atomic E-state index is 5.55. The number of para-hydroxylation sites is 1. The summed E-state index contributed by atoms with van der Waals surface area (Å²) in [6, 6.07) is 9.00. The lowest BCUT2D eigenvalue weighted by Gasteiger charge is -2.26. The summed E-state index contributed by atoms with van der Waals surface area (Å²) in [6.07, 6.45) is 2.23. The molecule has 1 heterocycles. The van der Waals surface area contributed by atoms with Crippen molar-refractivity contribution in [1.29, 1.82) is 0 Å². The quantitative estimate of drug-likeness (QED) is 0.629. The van der Waals surface area contributed by atoms with E-state index in [0.717, 1.165) is 24.5 Å².